The maximum atomic E-state index is 4.84. The number of hydrogen-bond donors (Lipinski definition) is 2. The van der Waals surface area contributed by atoms with Gasteiger partial charge in [0.1, 0.15) is 5.82 Å². The number of H-pyrrole nitrogens is 1. The minimum Gasteiger partial charge on any atom is -0.346 e. The zero-order valence-corrected chi connectivity index (χ0v) is 10.8. The Balaban J connectivity index is 1.69. The summed E-state index contributed by atoms with van der Waals surface area (Å²) in [6.45, 7) is 3.41. The van der Waals surface area contributed by atoms with Gasteiger partial charge in [-0.1, -0.05) is 13.3 Å². The van der Waals surface area contributed by atoms with Crippen molar-refractivity contribution < 1.29 is 0 Å². The monoisotopic (exact) mass is 233 g/mol. The van der Waals surface area contributed by atoms with Crippen LogP contribution in [0.25, 0.3) is 0 Å². The highest BCUT2D eigenvalue weighted by Gasteiger charge is 2.29. The lowest BCUT2D eigenvalue weighted by molar-refractivity contribution is 0.395. The van der Waals surface area contributed by atoms with E-state index >= 15 is 0 Å². The maximum Gasteiger partial charge on any atom is 0.108 e. The molecule has 3 heteroatoms. The van der Waals surface area contributed by atoms with Crippen LogP contribution in [0.4, 0.5) is 0 Å². The minimum atomic E-state index is 0.645. The van der Waals surface area contributed by atoms with Crippen molar-refractivity contribution in [3.8, 4) is 0 Å². The summed E-state index contributed by atoms with van der Waals surface area (Å²) in [4.78, 5) is 8.39. The van der Waals surface area contributed by atoms with Crippen molar-refractivity contribution in [3.05, 3.63) is 17.2 Å². The summed E-state index contributed by atoms with van der Waals surface area (Å²) in [7, 11) is 0. The summed E-state index contributed by atoms with van der Waals surface area (Å²) in [5.41, 5.74) is 2.76. The molecular weight excluding hydrogens is 210 g/mol. The van der Waals surface area contributed by atoms with E-state index < -0.39 is 0 Å². The number of aromatic nitrogens is 2. The van der Waals surface area contributed by atoms with Crippen molar-refractivity contribution in [2.24, 2.45) is 0 Å². The highest BCUT2D eigenvalue weighted by atomic mass is 15.0. The van der Waals surface area contributed by atoms with Crippen LogP contribution in [0.2, 0.25) is 0 Å². The lowest BCUT2D eigenvalue weighted by atomic mass is 10.0. The fourth-order valence-electron chi connectivity index (χ4n) is 2.87. The average molecular weight is 233 g/mol. The van der Waals surface area contributed by atoms with E-state index in [9.17, 15) is 0 Å². The molecule has 0 aromatic carbocycles. The zero-order valence-electron chi connectivity index (χ0n) is 10.8. The normalized spacial score (nSPS) is 25.1. The van der Waals surface area contributed by atoms with Gasteiger partial charge in [-0.2, -0.15) is 0 Å². The highest BCUT2D eigenvalue weighted by Crippen LogP contribution is 2.40. The summed E-state index contributed by atoms with van der Waals surface area (Å²) in [5, 5.41) is 3.60. The molecule has 17 heavy (non-hydrogen) atoms. The fourth-order valence-corrected chi connectivity index (χ4v) is 2.87. The molecule has 0 bridgehead atoms. The molecule has 94 valence electrons. The zero-order chi connectivity index (χ0) is 11.7. The molecular formula is C14H23N3. The van der Waals surface area contributed by atoms with Gasteiger partial charge in [-0.05, 0) is 38.6 Å². The molecule has 2 aliphatic rings. The Bertz CT molecular complexity index is 373. The molecule has 0 radical (unpaired) electrons. The van der Waals surface area contributed by atoms with Crippen LogP contribution >= 0.6 is 0 Å². The standard InChI is InChI=1S/C14H23N3/c1-2-12-14(10-6-7-10)17-13(16-12)9-11-5-3-4-8-15-11/h10-11,15H,2-9H2,1H3,(H,16,17). The Hall–Kier alpha value is -0.830. The molecule has 1 saturated heterocycles. The molecule has 1 aromatic heterocycles. The van der Waals surface area contributed by atoms with Gasteiger partial charge in [0.2, 0.25) is 0 Å². The molecule has 1 saturated carbocycles. The highest BCUT2D eigenvalue weighted by molar-refractivity contribution is 5.23. The molecule has 2 N–H and O–H groups in total. The van der Waals surface area contributed by atoms with Gasteiger partial charge in [0.15, 0.2) is 0 Å². The Labute approximate surface area is 103 Å². The Morgan fingerprint density at radius 3 is 2.76 bits per heavy atom. The van der Waals surface area contributed by atoms with Gasteiger partial charge < -0.3 is 10.3 Å². The van der Waals surface area contributed by atoms with Crippen LogP contribution < -0.4 is 5.32 Å². The summed E-state index contributed by atoms with van der Waals surface area (Å²) >= 11 is 0. The molecule has 1 unspecified atom stereocenters. The van der Waals surface area contributed by atoms with Crippen LogP contribution in [-0.2, 0) is 12.8 Å². The van der Waals surface area contributed by atoms with E-state index in [-0.39, 0.29) is 0 Å². The van der Waals surface area contributed by atoms with E-state index in [2.05, 4.69) is 17.2 Å². The summed E-state index contributed by atoms with van der Waals surface area (Å²) < 4.78 is 0. The van der Waals surface area contributed by atoms with Gasteiger partial charge in [0.25, 0.3) is 0 Å². The third kappa shape index (κ3) is 2.54. The van der Waals surface area contributed by atoms with Crippen LogP contribution in [0.5, 0.6) is 0 Å². The predicted molar refractivity (Wildman–Crippen MR) is 69.3 cm³/mol. The van der Waals surface area contributed by atoms with E-state index in [0.29, 0.717) is 6.04 Å². The lowest BCUT2D eigenvalue weighted by Crippen LogP contribution is -2.35. The SMILES string of the molecule is CCc1[nH]c(CC2CCCCN2)nc1C1CC1. The Morgan fingerprint density at radius 1 is 1.24 bits per heavy atom. The second kappa shape index (κ2) is 4.81. The van der Waals surface area contributed by atoms with Crippen LogP contribution in [-0.4, -0.2) is 22.6 Å². The van der Waals surface area contributed by atoms with Gasteiger partial charge in [-0.3, -0.25) is 0 Å². The minimum absolute atomic E-state index is 0.645. The second-order valence-electron chi connectivity index (χ2n) is 5.53. The molecule has 3 nitrogen and oxygen atoms in total. The van der Waals surface area contributed by atoms with Gasteiger partial charge in [-0.15, -0.1) is 0 Å². The van der Waals surface area contributed by atoms with Crippen molar-refractivity contribution in [1.29, 1.82) is 0 Å². The average Bonchev–Trinajstić information content (AvgIpc) is 3.13. The van der Waals surface area contributed by atoms with Crippen LogP contribution in [0.1, 0.15) is 62.2 Å². The number of aryl methyl sites for hydroxylation is 1. The van der Waals surface area contributed by atoms with Gasteiger partial charge in [0, 0.05) is 24.1 Å². The first-order valence-corrected chi connectivity index (χ1v) is 7.18. The first kappa shape index (κ1) is 11.3. The van der Waals surface area contributed by atoms with Crippen molar-refractivity contribution in [1.82, 2.24) is 15.3 Å². The number of nitrogens with zero attached hydrogens (tertiary/aromatic N) is 1. The lowest BCUT2D eigenvalue weighted by Gasteiger charge is -2.22. The molecule has 1 atom stereocenters. The molecule has 0 spiro atoms. The van der Waals surface area contributed by atoms with Gasteiger partial charge >= 0.3 is 0 Å². The molecule has 2 fully saturated rings. The number of aromatic amines is 1. The summed E-state index contributed by atoms with van der Waals surface area (Å²) in [6, 6.07) is 0.645. The third-order valence-electron chi connectivity index (χ3n) is 4.03. The van der Waals surface area contributed by atoms with Crippen molar-refractivity contribution in [3.63, 3.8) is 0 Å². The van der Waals surface area contributed by atoms with E-state index in [1.54, 1.807) is 0 Å². The predicted octanol–water partition coefficient (Wildman–Crippen LogP) is 2.53. The van der Waals surface area contributed by atoms with E-state index in [0.717, 1.165) is 18.8 Å². The number of rotatable bonds is 4. The molecule has 1 aromatic rings. The number of piperidine rings is 1. The second-order valence-corrected chi connectivity index (χ2v) is 5.53. The first-order chi connectivity index (χ1) is 8.36. The molecule has 0 amide bonds. The first-order valence-electron chi connectivity index (χ1n) is 7.18. The smallest absolute Gasteiger partial charge is 0.108 e. The van der Waals surface area contributed by atoms with Gasteiger partial charge in [0.05, 0.1) is 5.69 Å². The quantitative estimate of drug-likeness (QED) is 0.839. The molecule has 1 aliphatic heterocycles. The molecule has 1 aliphatic carbocycles. The van der Waals surface area contributed by atoms with E-state index in [1.807, 2.05) is 0 Å². The van der Waals surface area contributed by atoms with Crippen molar-refractivity contribution in [2.45, 2.75) is 63.8 Å². The van der Waals surface area contributed by atoms with Crippen molar-refractivity contribution in [2.75, 3.05) is 6.54 Å². The Kier molecular flexibility index (Phi) is 3.19. The fraction of sp³-hybridized carbons (Fsp3) is 0.786. The topological polar surface area (TPSA) is 40.7 Å². The number of hydrogen-bond acceptors (Lipinski definition) is 2. The largest absolute Gasteiger partial charge is 0.346 e. The maximum absolute atomic E-state index is 4.84. The molecule has 3 rings (SSSR count). The van der Waals surface area contributed by atoms with Crippen LogP contribution in [0.15, 0.2) is 0 Å². The van der Waals surface area contributed by atoms with Crippen molar-refractivity contribution >= 4 is 0 Å². The van der Waals surface area contributed by atoms with Gasteiger partial charge in [-0.25, -0.2) is 4.98 Å². The van der Waals surface area contributed by atoms with Crippen LogP contribution in [0.3, 0.4) is 0 Å². The molecule has 2 heterocycles. The third-order valence-corrected chi connectivity index (χ3v) is 4.03. The summed E-state index contributed by atoms with van der Waals surface area (Å²) in [5.74, 6) is 1.98. The summed E-state index contributed by atoms with van der Waals surface area (Å²) in [6.07, 6.45) is 8.88. The number of imidazole rings is 1. The number of nitrogens with one attached hydrogen (secondary N) is 2. The Morgan fingerprint density at radius 2 is 2.12 bits per heavy atom. The van der Waals surface area contributed by atoms with E-state index in [1.165, 1.54) is 55.9 Å². The van der Waals surface area contributed by atoms with Crippen LogP contribution in [0, 0.1) is 0 Å². The van der Waals surface area contributed by atoms with E-state index in [4.69, 9.17) is 4.98 Å².